The Morgan fingerprint density at radius 1 is 1.24 bits per heavy atom. The normalized spacial score (nSPS) is 19.2. The molecule has 0 spiro atoms. The lowest BCUT2D eigenvalue weighted by atomic mass is 10.1. The summed E-state index contributed by atoms with van der Waals surface area (Å²) in [5, 5.41) is 0. The molecule has 2 rings (SSSR count). The minimum atomic E-state index is -3.55. The van der Waals surface area contributed by atoms with Crippen LogP contribution in [-0.2, 0) is 14.8 Å². The number of halogens is 1. The zero-order valence-corrected chi connectivity index (χ0v) is 14.2. The second-order valence-corrected chi connectivity index (χ2v) is 8.75. The fourth-order valence-corrected chi connectivity index (χ4v) is 3.97. The Hall–Kier alpha value is -1.21. The zero-order valence-electron chi connectivity index (χ0n) is 11.8. The minimum absolute atomic E-state index is 0.0624. The van der Waals surface area contributed by atoms with Crippen molar-refractivity contribution in [1.29, 1.82) is 0 Å². The second-order valence-electron chi connectivity index (χ2n) is 5.43. The Balaban J connectivity index is 1.90. The zero-order chi connectivity index (χ0) is 15.8. The molecule has 1 aliphatic heterocycles. The number of rotatable bonds is 5. The standard InChI is InChI=1S/C14H16BrNO4S/c1-14(2)13(18)16(21(14,19)20)9-3-4-12(17)10-5-7-11(15)8-6-10/h5-8H,3-4,9H2,1-2H3. The molecule has 0 N–H and O–H groups in total. The Labute approximate surface area is 132 Å². The highest BCUT2D eigenvalue weighted by molar-refractivity contribution is 9.10. The van der Waals surface area contributed by atoms with Crippen LogP contribution in [0, 0.1) is 0 Å². The summed E-state index contributed by atoms with van der Waals surface area (Å²) in [6, 6.07) is 6.97. The number of hydrogen-bond acceptors (Lipinski definition) is 4. The molecule has 1 saturated heterocycles. The first-order valence-corrected chi connectivity index (χ1v) is 8.77. The molecule has 0 saturated carbocycles. The highest BCUT2D eigenvalue weighted by Gasteiger charge is 2.59. The first-order valence-electron chi connectivity index (χ1n) is 6.53. The third-order valence-electron chi connectivity index (χ3n) is 3.61. The fraction of sp³-hybridized carbons (Fsp3) is 0.429. The Morgan fingerprint density at radius 2 is 1.81 bits per heavy atom. The van der Waals surface area contributed by atoms with Gasteiger partial charge >= 0.3 is 0 Å². The first kappa shape index (κ1) is 16.2. The molecule has 1 aromatic carbocycles. The molecule has 0 aliphatic carbocycles. The highest BCUT2D eigenvalue weighted by Crippen LogP contribution is 2.34. The number of Topliss-reactive ketones (excluding diaryl/α,β-unsaturated/α-hetero) is 1. The van der Waals surface area contributed by atoms with E-state index in [1.54, 1.807) is 24.3 Å². The molecule has 1 fully saturated rings. The van der Waals surface area contributed by atoms with Crippen LogP contribution >= 0.6 is 15.9 Å². The summed E-state index contributed by atoms with van der Waals surface area (Å²) in [6.07, 6.45) is 0.539. The van der Waals surface area contributed by atoms with Crippen LogP contribution in [0.2, 0.25) is 0 Å². The van der Waals surface area contributed by atoms with Gasteiger partial charge in [-0.15, -0.1) is 0 Å². The molecule has 1 aromatic rings. The van der Waals surface area contributed by atoms with E-state index in [0.717, 1.165) is 8.78 Å². The maximum absolute atomic E-state index is 11.9. The topological polar surface area (TPSA) is 71.5 Å². The van der Waals surface area contributed by atoms with Crippen molar-refractivity contribution in [1.82, 2.24) is 4.31 Å². The van der Waals surface area contributed by atoms with E-state index in [2.05, 4.69) is 15.9 Å². The monoisotopic (exact) mass is 373 g/mol. The van der Waals surface area contributed by atoms with Gasteiger partial charge in [0.2, 0.25) is 0 Å². The molecule has 0 aromatic heterocycles. The van der Waals surface area contributed by atoms with Crippen LogP contribution in [0.1, 0.15) is 37.0 Å². The number of carbonyl (C=O) groups excluding carboxylic acids is 2. The number of sulfonamides is 1. The van der Waals surface area contributed by atoms with Crippen molar-refractivity contribution in [2.75, 3.05) is 6.54 Å². The molecule has 0 unspecified atom stereocenters. The molecular formula is C14H16BrNO4S. The number of nitrogens with zero attached hydrogens (tertiary/aromatic N) is 1. The number of amides is 1. The van der Waals surface area contributed by atoms with Crippen LogP contribution in [0.4, 0.5) is 0 Å². The maximum Gasteiger partial charge on any atom is 0.258 e. The Bertz CT molecular complexity index is 679. The highest BCUT2D eigenvalue weighted by atomic mass is 79.9. The molecule has 114 valence electrons. The Morgan fingerprint density at radius 3 is 2.33 bits per heavy atom. The van der Waals surface area contributed by atoms with Gasteiger partial charge in [-0.2, -0.15) is 0 Å². The minimum Gasteiger partial charge on any atom is -0.294 e. The van der Waals surface area contributed by atoms with Crippen LogP contribution in [0.3, 0.4) is 0 Å². The largest absolute Gasteiger partial charge is 0.294 e. The van der Waals surface area contributed by atoms with Crippen LogP contribution in [0.25, 0.3) is 0 Å². The lowest BCUT2D eigenvalue weighted by molar-refractivity contribution is -0.132. The predicted octanol–water partition coefficient (Wildman–Crippen LogP) is 2.36. The summed E-state index contributed by atoms with van der Waals surface area (Å²) in [5.74, 6) is -0.467. The van der Waals surface area contributed by atoms with Crippen LogP contribution in [0.15, 0.2) is 28.7 Å². The van der Waals surface area contributed by atoms with Crippen molar-refractivity contribution in [2.45, 2.75) is 31.4 Å². The van der Waals surface area contributed by atoms with Crippen molar-refractivity contribution < 1.29 is 18.0 Å². The van der Waals surface area contributed by atoms with Gasteiger partial charge in [-0.1, -0.05) is 28.1 Å². The van der Waals surface area contributed by atoms with Crippen LogP contribution in [0.5, 0.6) is 0 Å². The van der Waals surface area contributed by atoms with E-state index in [4.69, 9.17) is 0 Å². The summed E-state index contributed by atoms with van der Waals surface area (Å²) < 4.78 is 24.2. The number of carbonyl (C=O) groups is 2. The van der Waals surface area contributed by atoms with Crippen molar-refractivity contribution in [2.24, 2.45) is 0 Å². The number of ketones is 1. The van der Waals surface area contributed by atoms with E-state index in [9.17, 15) is 18.0 Å². The smallest absolute Gasteiger partial charge is 0.258 e. The average Bonchev–Trinajstić information content (AvgIpc) is 2.43. The number of benzene rings is 1. The quantitative estimate of drug-likeness (QED) is 0.742. The van der Waals surface area contributed by atoms with E-state index in [0.29, 0.717) is 12.0 Å². The fourth-order valence-electron chi connectivity index (χ4n) is 2.14. The van der Waals surface area contributed by atoms with E-state index in [-0.39, 0.29) is 18.7 Å². The van der Waals surface area contributed by atoms with Gasteiger partial charge in [0.15, 0.2) is 10.5 Å². The third-order valence-corrected chi connectivity index (χ3v) is 6.53. The molecule has 0 atom stereocenters. The van der Waals surface area contributed by atoms with Gasteiger partial charge in [-0.25, -0.2) is 12.7 Å². The molecule has 21 heavy (non-hydrogen) atoms. The molecule has 1 heterocycles. The summed E-state index contributed by atoms with van der Waals surface area (Å²) in [6.45, 7) is 2.86. The summed E-state index contributed by atoms with van der Waals surface area (Å²) in [5.41, 5.74) is 0.580. The van der Waals surface area contributed by atoms with Gasteiger partial charge in [0.05, 0.1) is 0 Å². The van der Waals surface area contributed by atoms with E-state index in [1.807, 2.05) is 0 Å². The van der Waals surface area contributed by atoms with Gasteiger partial charge in [0.25, 0.3) is 15.9 Å². The van der Waals surface area contributed by atoms with Crippen LogP contribution in [-0.4, -0.2) is 35.7 Å². The molecule has 0 radical (unpaired) electrons. The summed E-state index contributed by atoms with van der Waals surface area (Å²) in [4.78, 5) is 23.7. The average molecular weight is 374 g/mol. The van der Waals surface area contributed by atoms with Gasteiger partial charge in [0.1, 0.15) is 0 Å². The van der Waals surface area contributed by atoms with E-state index >= 15 is 0 Å². The Kier molecular flexibility index (Phi) is 4.26. The van der Waals surface area contributed by atoms with Gasteiger partial charge in [-0.05, 0) is 32.4 Å². The molecular weight excluding hydrogens is 358 g/mol. The summed E-state index contributed by atoms with van der Waals surface area (Å²) in [7, 11) is -3.55. The molecule has 7 heteroatoms. The van der Waals surface area contributed by atoms with E-state index < -0.39 is 20.7 Å². The lowest BCUT2D eigenvalue weighted by Gasteiger charge is -2.43. The molecule has 5 nitrogen and oxygen atoms in total. The molecule has 1 amide bonds. The van der Waals surface area contributed by atoms with Crippen molar-refractivity contribution in [3.63, 3.8) is 0 Å². The molecule has 0 bridgehead atoms. The predicted molar refractivity (Wildman–Crippen MR) is 82.4 cm³/mol. The molecule has 1 aliphatic rings. The second kappa shape index (κ2) is 5.53. The summed E-state index contributed by atoms with van der Waals surface area (Å²) >= 11 is 3.29. The third kappa shape index (κ3) is 2.76. The van der Waals surface area contributed by atoms with Gasteiger partial charge in [-0.3, -0.25) is 9.59 Å². The lowest BCUT2D eigenvalue weighted by Crippen LogP contribution is -2.67. The van der Waals surface area contributed by atoms with Crippen LogP contribution < -0.4 is 0 Å². The SMILES string of the molecule is CC1(C)C(=O)N(CCCC(=O)c2ccc(Br)cc2)S1(=O)=O. The first-order chi connectivity index (χ1) is 9.68. The van der Waals surface area contributed by atoms with Gasteiger partial charge in [0, 0.05) is 23.0 Å². The van der Waals surface area contributed by atoms with Crippen molar-refractivity contribution in [3.8, 4) is 0 Å². The van der Waals surface area contributed by atoms with E-state index in [1.165, 1.54) is 13.8 Å². The van der Waals surface area contributed by atoms with Crippen molar-refractivity contribution in [3.05, 3.63) is 34.3 Å². The van der Waals surface area contributed by atoms with Gasteiger partial charge < -0.3 is 0 Å². The maximum atomic E-state index is 11.9. The number of hydrogen-bond donors (Lipinski definition) is 0. The van der Waals surface area contributed by atoms with Crippen molar-refractivity contribution >= 4 is 37.6 Å².